The van der Waals surface area contributed by atoms with Crippen molar-refractivity contribution in [1.29, 1.82) is 0 Å². The monoisotopic (exact) mass is 248 g/mol. The van der Waals surface area contributed by atoms with E-state index in [9.17, 15) is 9.59 Å². The highest BCUT2D eigenvalue weighted by atomic mass is 16.7. The number of carbonyl (C=O) groups is 2. The fourth-order valence-electron chi connectivity index (χ4n) is 1.05. The number of esters is 2. The predicted octanol–water partition coefficient (Wildman–Crippen LogP) is 0.880. The topological polar surface area (TPSA) is 71.1 Å². The summed E-state index contributed by atoms with van der Waals surface area (Å²) < 4.78 is 19.5. The molecule has 0 rings (SSSR count). The van der Waals surface area contributed by atoms with E-state index in [0.29, 0.717) is 13.0 Å². The molecule has 0 heterocycles. The van der Waals surface area contributed by atoms with E-state index in [0.717, 1.165) is 0 Å². The highest BCUT2D eigenvalue weighted by molar-refractivity contribution is 5.91. The van der Waals surface area contributed by atoms with Crippen molar-refractivity contribution in [2.45, 2.75) is 39.1 Å². The van der Waals surface area contributed by atoms with E-state index in [2.05, 4.69) is 0 Å². The Kier molecular flexibility index (Phi) is 8.35. The lowest BCUT2D eigenvalue weighted by atomic mass is 10.4. The van der Waals surface area contributed by atoms with Crippen LogP contribution in [0.15, 0.2) is 0 Å². The second kappa shape index (κ2) is 8.95. The lowest BCUT2D eigenvalue weighted by molar-refractivity contribution is -0.179. The molecular weight excluding hydrogens is 228 g/mol. The Balaban J connectivity index is 3.93. The van der Waals surface area contributed by atoms with E-state index in [1.807, 2.05) is 0 Å². The van der Waals surface area contributed by atoms with Crippen molar-refractivity contribution in [2.75, 3.05) is 20.8 Å². The molecule has 0 aromatic rings. The Labute approximate surface area is 101 Å². The molecule has 0 N–H and O–H groups in total. The lowest BCUT2D eigenvalue weighted by Crippen LogP contribution is -2.24. The van der Waals surface area contributed by atoms with Gasteiger partial charge in [-0.3, -0.25) is 9.59 Å². The van der Waals surface area contributed by atoms with E-state index in [4.69, 9.17) is 18.9 Å². The minimum atomic E-state index is -0.700. The predicted molar refractivity (Wildman–Crippen MR) is 59.2 cm³/mol. The molecule has 0 radical (unpaired) electrons. The zero-order chi connectivity index (χ0) is 13.3. The number of carbonyl (C=O) groups excluding carboxylic acids is 2. The van der Waals surface area contributed by atoms with Crippen LogP contribution in [0, 0.1) is 0 Å². The molecule has 0 saturated heterocycles. The van der Waals surface area contributed by atoms with Crippen LogP contribution >= 0.6 is 0 Å². The first kappa shape index (κ1) is 15.9. The van der Waals surface area contributed by atoms with Crippen molar-refractivity contribution in [1.82, 2.24) is 0 Å². The van der Waals surface area contributed by atoms with Crippen LogP contribution in [0.3, 0.4) is 0 Å². The van der Waals surface area contributed by atoms with Gasteiger partial charge in [0.05, 0.1) is 12.7 Å². The molecule has 0 aromatic carbocycles. The van der Waals surface area contributed by atoms with Gasteiger partial charge < -0.3 is 18.9 Å². The van der Waals surface area contributed by atoms with Gasteiger partial charge in [-0.2, -0.15) is 0 Å². The Morgan fingerprint density at radius 2 is 1.65 bits per heavy atom. The van der Waals surface area contributed by atoms with E-state index < -0.39 is 24.6 Å². The van der Waals surface area contributed by atoms with E-state index in [-0.39, 0.29) is 6.10 Å². The third-order valence-corrected chi connectivity index (χ3v) is 1.74. The Bertz CT molecular complexity index is 238. The van der Waals surface area contributed by atoms with Gasteiger partial charge in [-0.25, -0.2) is 0 Å². The first-order valence-electron chi connectivity index (χ1n) is 5.40. The van der Waals surface area contributed by atoms with Crippen LogP contribution in [0.5, 0.6) is 0 Å². The standard InChI is InChI=1S/C11H20O6/c1-8(2)16-9(12)7-10(13)17-11(15-4)5-6-14-3/h8,11H,5-7H2,1-4H3. The minimum absolute atomic E-state index is 0.248. The average molecular weight is 248 g/mol. The van der Waals surface area contributed by atoms with Crippen LogP contribution < -0.4 is 0 Å². The van der Waals surface area contributed by atoms with Gasteiger partial charge in [-0.15, -0.1) is 0 Å². The van der Waals surface area contributed by atoms with Crippen molar-refractivity contribution < 1.29 is 28.5 Å². The van der Waals surface area contributed by atoms with E-state index >= 15 is 0 Å². The summed E-state index contributed by atoms with van der Waals surface area (Å²) in [7, 11) is 2.95. The SMILES string of the molecule is COCCC(OC)OC(=O)CC(=O)OC(C)C. The molecule has 0 bridgehead atoms. The normalized spacial score (nSPS) is 12.3. The molecule has 0 fully saturated rings. The summed E-state index contributed by atoms with van der Waals surface area (Å²) in [5, 5.41) is 0. The smallest absolute Gasteiger partial charge is 0.319 e. The van der Waals surface area contributed by atoms with Gasteiger partial charge >= 0.3 is 11.9 Å². The summed E-state index contributed by atoms with van der Waals surface area (Å²) in [6.45, 7) is 3.82. The summed E-state index contributed by atoms with van der Waals surface area (Å²) >= 11 is 0. The molecule has 17 heavy (non-hydrogen) atoms. The Morgan fingerprint density at radius 1 is 1.06 bits per heavy atom. The van der Waals surface area contributed by atoms with Gasteiger partial charge in [0.25, 0.3) is 0 Å². The zero-order valence-electron chi connectivity index (χ0n) is 10.7. The third kappa shape index (κ3) is 8.65. The maximum Gasteiger partial charge on any atom is 0.319 e. The van der Waals surface area contributed by atoms with Gasteiger partial charge in [0, 0.05) is 20.6 Å². The molecule has 0 aliphatic carbocycles. The zero-order valence-corrected chi connectivity index (χ0v) is 10.7. The number of rotatable bonds is 8. The van der Waals surface area contributed by atoms with Crippen LogP contribution in [-0.4, -0.2) is 45.2 Å². The number of hydrogen-bond acceptors (Lipinski definition) is 6. The molecule has 6 heteroatoms. The summed E-state index contributed by atoms with van der Waals surface area (Å²) in [6, 6.07) is 0. The van der Waals surface area contributed by atoms with Crippen LogP contribution in [0.25, 0.3) is 0 Å². The van der Waals surface area contributed by atoms with Gasteiger partial charge in [-0.05, 0) is 13.8 Å². The van der Waals surface area contributed by atoms with Gasteiger partial charge in [0.2, 0.25) is 6.29 Å². The summed E-state index contributed by atoms with van der Waals surface area (Å²) in [6.07, 6.45) is -0.945. The largest absolute Gasteiger partial charge is 0.463 e. The lowest BCUT2D eigenvalue weighted by Gasteiger charge is -2.15. The number of hydrogen-bond donors (Lipinski definition) is 0. The molecule has 100 valence electrons. The summed E-state index contributed by atoms with van der Waals surface area (Å²) in [5.41, 5.74) is 0. The molecule has 1 atom stereocenters. The fraction of sp³-hybridized carbons (Fsp3) is 0.818. The van der Waals surface area contributed by atoms with E-state index in [1.54, 1.807) is 13.8 Å². The Hall–Kier alpha value is -1.14. The molecule has 6 nitrogen and oxygen atoms in total. The van der Waals surface area contributed by atoms with E-state index in [1.165, 1.54) is 14.2 Å². The molecular formula is C11H20O6. The van der Waals surface area contributed by atoms with Gasteiger partial charge in [0.15, 0.2) is 0 Å². The highest BCUT2D eigenvalue weighted by Crippen LogP contribution is 2.03. The minimum Gasteiger partial charge on any atom is -0.463 e. The van der Waals surface area contributed by atoms with Crippen LogP contribution in [0.2, 0.25) is 0 Å². The summed E-state index contributed by atoms with van der Waals surface area (Å²) in [5.74, 6) is -1.27. The first-order chi connectivity index (χ1) is 7.99. The Morgan fingerprint density at radius 3 is 2.12 bits per heavy atom. The second-order valence-electron chi connectivity index (χ2n) is 3.65. The first-order valence-corrected chi connectivity index (χ1v) is 5.40. The highest BCUT2D eigenvalue weighted by Gasteiger charge is 2.18. The van der Waals surface area contributed by atoms with Gasteiger partial charge in [0.1, 0.15) is 6.42 Å². The second-order valence-corrected chi connectivity index (χ2v) is 3.65. The van der Waals surface area contributed by atoms with Crippen LogP contribution in [-0.2, 0) is 28.5 Å². The van der Waals surface area contributed by atoms with Crippen molar-refractivity contribution in [2.24, 2.45) is 0 Å². The average Bonchev–Trinajstić information content (AvgIpc) is 2.22. The molecule has 0 aliphatic rings. The maximum atomic E-state index is 11.3. The van der Waals surface area contributed by atoms with Crippen molar-refractivity contribution in [3.63, 3.8) is 0 Å². The summed E-state index contributed by atoms with van der Waals surface area (Å²) in [4.78, 5) is 22.5. The third-order valence-electron chi connectivity index (χ3n) is 1.74. The quantitative estimate of drug-likeness (QED) is 0.361. The van der Waals surface area contributed by atoms with Crippen molar-refractivity contribution in [3.8, 4) is 0 Å². The molecule has 0 aromatic heterocycles. The van der Waals surface area contributed by atoms with Crippen LogP contribution in [0.1, 0.15) is 26.7 Å². The molecule has 0 amide bonds. The van der Waals surface area contributed by atoms with Gasteiger partial charge in [-0.1, -0.05) is 0 Å². The fourth-order valence-corrected chi connectivity index (χ4v) is 1.05. The van der Waals surface area contributed by atoms with Crippen molar-refractivity contribution in [3.05, 3.63) is 0 Å². The van der Waals surface area contributed by atoms with Crippen LogP contribution in [0.4, 0.5) is 0 Å². The molecule has 0 spiro atoms. The molecule has 0 aliphatic heterocycles. The molecule has 0 saturated carbocycles. The maximum absolute atomic E-state index is 11.3. The molecule has 1 unspecified atom stereocenters. The number of ether oxygens (including phenoxy) is 4. The number of methoxy groups -OCH3 is 2. The van der Waals surface area contributed by atoms with Crippen molar-refractivity contribution >= 4 is 11.9 Å².